The number of nitrogens with zero attached hydrogens (tertiary/aromatic N) is 1. The van der Waals surface area contributed by atoms with Crippen LogP contribution in [0.25, 0.3) is 62.2 Å². The molecule has 0 atom stereocenters. The van der Waals surface area contributed by atoms with Gasteiger partial charge < -0.3 is 4.90 Å². The fourth-order valence-electron chi connectivity index (χ4n) is 6.49. The lowest BCUT2D eigenvalue weighted by Gasteiger charge is -2.27. The largest absolute Gasteiger partial charge is 0.310 e. The quantitative estimate of drug-likeness (QED) is 0.199. The lowest BCUT2D eigenvalue weighted by atomic mass is 9.99. The summed E-state index contributed by atoms with van der Waals surface area (Å²) in [4.78, 5) is 2.39. The van der Waals surface area contributed by atoms with E-state index in [1.807, 2.05) is 22.7 Å². The van der Waals surface area contributed by atoms with Gasteiger partial charge in [-0.15, -0.1) is 22.7 Å². The molecule has 2 aromatic heterocycles. The molecule has 0 N–H and O–H groups in total. The van der Waals surface area contributed by atoms with Gasteiger partial charge in [-0.3, -0.25) is 0 Å². The molecule has 9 rings (SSSR count). The van der Waals surface area contributed by atoms with E-state index < -0.39 is 0 Å². The van der Waals surface area contributed by atoms with Crippen LogP contribution in [0.3, 0.4) is 0 Å². The molecule has 43 heavy (non-hydrogen) atoms. The van der Waals surface area contributed by atoms with Crippen molar-refractivity contribution in [1.82, 2.24) is 0 Å². The highest BCUT2D eigenvalue weighted by molar-refractivity contribution is 7.27. The number of para-hydroxylation sites is 2. The van der Waals surface area contributed by atoms with Gasteiger partial charge in [0.1, 0.15) is 0 Å². The lowest BCUT2D eigenvalue weighted by molar-refractivity contribution is 1.30. The van der Waals surface area contributed by atoms with E-state index in [2.05, 4.69) is 157 Å². The third kappa shape index (κ3) is 3.90. The zero-order valence-corrected chi connectivity index (χ0v) is 24.8. The molecule has 3 heteroatoms. The first-order valence-corrected chi connectivity index (χ1v) is 16.2. The van der Waals surface area contributed by atoms with Crippen molar-refractivity contribution in [3.8, 4) is 11.1 Å². The minimum absolute atomic E-state index is 1.15. The molecule has 2 heterocycles. The molecule has 0 spiro atoms. The molecular weight excluding hydrogens is 559 g/mol. The topological polar surface area (TPSA) is 3.24 Å². The maximum atomic E-state index is 2.41. The van der Waals surface area contributed by atoms with E-state index in [0.29, 0.717) is 0 Å². The Morgan fingerprint density at radius 3 is 1.72 bits per heavy atom. The van der Waals surface area contributed by atoms with E-state index in [0.717, 1.165) is 11.4 Å². The van der Waals surface area contributed by atoms with Gasteiger partial charge in [-0.25, -0.2) is 0 Å². The van der Waals surface area contributed by atoms with Crippen molar-refractivity contribution in [3.05, 3.63) is 152 Å². The van der Waals surface area contributed by atoms with Crippen LogP contribution in [-0.2, 0) is 0 Å². The first-order valence-electron chi connectivity index (χ1n) is 14.5. The van der Waals surface area contributed by atoms with Crippen molar-refractivity contribution < 1.29 is 0 Å². The number of hydrogen-bond acceptors (Lipinski definition) is 3. The average molecular weight is 584 g/mol. The van der Waals surface area contributed by atoms with Gasteiger partial charge in [0.05, 0.1) is 5.69 Å². The predicted octanol–water partition coefficient (Wildman–Crippen LogP) is 12.7. The fraction of sp³-hybridized carbons (Fsp3) is 0. The summed E-state index contributed by atoms with van der Waals surface area (Å²) in [5.41, 5.74) is 6.08. The van der Waals surface area contributed by atoms with E-state index in [1.54, 1.807) is 0 Å². The van der Waals surface area contributed by atoms with E-state index in [-0.39, 0.29) is 0 Å². The van der Waals surface area contributed by atoms with E-state index in [4.69, 9.17) is 0 Å². The van der Waals surface area contributed by atoms with Crippen molar-refractivity contribution in [3.63, 3.8) is 0 Å². The average Bonchev–Trinajstić information content (AvgIpc) is 3.64. The molecule has 0 fully saturated rings. The van der Waals surface area contributed by atoms with Crippen molar-refractivity contribution in [1.29, 1.82) is 0 Å². The Morgan fingerprint density at radius 1 is 0.372 bits per heavy atom. The number of anilines is 3. The van der Waals surface area contributed by atoms with E-state index >= 15 is 0 Å². The van der Waals surface area contributed by atoms with Crippen LogP contribution in [0.2, 0.25) is 0 Å². The SMILES string of the molecule is c1ccc(N(c2ccccc2)c2cc3c4ccc(-c5cccc6c5sc5ccccc56)cc4sc3c3ccccc23)cc1. The van der Waals surface area contributed by atoms with Gasteiger partial charge in [0, 0.05) is 62.5 Å². The van der Waals surface area contributed by atoms with Crippen molar-refractivity contribution in [2.75, 3.05) is 4.90 Å². The molecule has 0 aliphatic rings. The Kier molecular flexibility index (Phi) is 5.62. The van der Waals surface area contributed by atoms with Crippen LogP contribution < -0.4 is 4.90 Å². The molecule has 0 unspecified atom stereocenters. The Hall–Kier alpha value is -4.96. The van der Waals surface area contributed by atoms with Gasteiger partial charge in [-0.1, -0.05) is 109 Å². The molecule has 0 aliphatic heterocycles. The first-order chi connectivity index (χ1) is 21.3. The number of thiophene rings is 2. The summed E-state index contributed by atoms with van der Waals surface area (Å²) in [5, 5.41) is 7.84. The van der Waals surface area contributed by atoms with Crippen LogP contribution in [-0.4, -0.2) is 0 Å². The fourth-order valence-corrected chi connectivity index (χ4v) is 8.99. The molecular formula is C40H25NS2. The summed E-state index contributed by atoms with van der Waals surface area (Å²) >= 11 is 3.80. The second kappa shape index (κ2) is 9.81. The maximum Gasteiger partial charge on any atom is 0.0547 e. The number of hydrogen-bond donors (Lipinski definition) is 0. The zero-order valence-electron chi connectivity index (χ0n) is 23.2. The summed E-state index contributed by atoms with van der Waals surface area (Å²) in [5.74, 6) is 0. The third-order valence-electron chi connectivity index (χ3n) is 8.44. The van der Waals surface area contributed by atoms with Crippen molar-refractivity contribution in [2.45, 2.75) is 0 Å². The Labute approximate surface area is 257 Å². The molecule has 0 aliphatic carbocycles. The van der Waals surface area contributed by atoms with Crippen LogP contribution in [0.5, 0.6) is 0 Å². The van der Waals surface area contributed by atoms with Gasteiger partial charge in [-0.05, 0) is 53.6 Å². The molecule has 0 saturated heterocycles. The molecule has 7 aromatic carbocycles. The summed E-state index contributed by atoms with van der Waals surface area (Å²) in [6, 6.07) is 55.2. The van der Waals surface area contributed by atoms with Crippen LogP contribution in [0, 0.1) is 0 Å². The number of rotatable bonds is 4. The number of benzene rings is 7. The minimum atomic E-state index is 1.15. The molecule has 9 aromatic rings. The second-order valence-corrected chi connectivity index (χ2v) is 13.0. The molecule has 0 amide bonds. The summed E-state index contributed by atoms with van der Waals surface area (Å²) in [6.45, 7) is 0. The van der Waals surface area contributed by atoms with Gasteiger partial charge in [0.25, 0.3) is 0 Å². The van der Waals surface area contributed by atoms with Crippen LogP contribution >= 0.6 is 22.7 Å². The summed E-state index contributed by atoms with van der Waals surface area (Å²) in [7, 11) is 0. The van der Waals surface area contributed by atoms with Gasteiger partial charge >= 0.3 is 0 Å². The second-order valence-electron chi connectivity index (χ2n) is 10.9. The highest BCUT2D eigenvalue weighted by Crippen LogP contribution is 2.47. The van der Waals surface area contributed by atoms with Crippen LogP contribution in [0.15, 0.2) is 152 Å². The standard InChI is InChI=1S/C40H25NS2/c1-3-12-27(13-4-1)41(28-14-5-2-6-15-28)36-25-35-32-23-22-26(24-38(32)43-40(35)33-18-8-7-16-30(33)36)29-19-11-20-34-31-17-9-10-21-37(31)42-39(29)34/h1-25H. The lowest BCUT2D eigenvalue weighted by Crippen LogP contribution is -2.10. The van der Waals surface area contributed by atoms with Crippen LogP contribution in [0.4, 0.5) is 17.1 Å². The maximum absolute atomic E-state index is 2.41. The number of fused-ring (bicyclic) bond motifs is 8. The smallest absolute Gasteiger partial charge is 0.0547 e. The monoisotopic (exact) mass is 583 g/mol. The Morgan fingerprint density at radius 2 is 0.953 bits per heavy atom. The minimum Gasteiger partial charge on any atom is -0.310 e. The van der Waals surface area contributed by atoms with Crippen LogP contribution in [0.1, 0.15) is 0 Å². The Balaban J connectivity index is 1.29. The first kappa shape index (κ1) is 24.6. The molecule has 1 nitrogen and oxygen atoms in total. The zero-order chi connectivity index (χ0) is 28.3. The Bertz CT molecular complexity index is 2410. The highest BCUT2D eigenvalue weighted by atomic mass is 32.1. The van der Waals surface area contributed by atoms with Gasteiger partial charge in [0.2, 0.25) is 0 Å². The normalized spacial score (nSPS) is 11.7. The predicted molar refractivity (Wildman–Crippen MR) is 190 cm³/mol. The highest BCUT2D eigenvalue weighted by Gasteiger charge is 2.19. The van der Waals surface area contributed by atoms with E-state index in [9.17, 15) is 0 Å². The van der Waals surface area contributed by atoms with Gasteiger partial charge in [0.15, 0.2) is 0 Å². The third-order valence-corrected chi connectivity index (χ3v) is 10.9. The molecule has 0 radical (unpaired) electrons. The summed E-state index contributed by atoms with van der Waals surface area (Å²) in [6.07, 6.45) is 0. The van der Waals surface area contributed by atoms with Crippen molar-refractivity contribution in [2.24, 2.45) is 0 Å². The molecule has 202 valence electrons. The molecule has 0 saturated carbocycles. The van der Waals surface area contributed by atoms with Gasteiger partial charge in [-0.2, -0.15) is 0 Å². The van der Waals surface area contributed by atoms with E-state index in [1.165, 1.54) is 67.9 Å². The molecule has 0 bridgehead atoms. The summed E-state index contributed by atoms with van der Waals surface area (Å²) < 4.78 is 5.36. The van der Waals surface area contributed by atoms with Crippen molar-refractivity contribution >= 4 is 90.9 Å².